The summed E-state index contributed by atoms with van der Waals surface area (Å²) in [5.74, 6) is 0.178. The summed E-state index contributed by atoms with van der Waals surface area (Å²) in [4.78, 5) is 12.2. The quantitative estimate of drug-likeness (QED) is 0.729. The monoisotopic (exact) mass is 291 g/mol. The first-order valence-electron chi connectivity index (χ1n) is 6.86. The molecular weight excluding hydrogens is 276 g/mol. The average Bonchev–Trinajstić information content (AvgIpc) is 2.75. The van der Waals surface area contributed by atoms with Crippen molar-refractivity contribution in [3.05, 3.63) is 45.9 Å². The van der Waals surface area contributed by atoms with Crippen LogP contribution in [-0.4, -0.2) is 31.5 Å². The van der Waals surface area contributed by atoms with Crippen LogP contribution in [0.15, 0.2) is 23.0 Å². The molecule has 6 nitrogen and oxygen atoms in total. The average molecular weight is 291 g/mol. The summed E-state index contributed by atoms with van der Waals surface area (Å²) >= 11 is 0. The van der Waals surface area contributed by atoms with Crippen LogP contribution < -0.4 is 11.2 Å². The first kappa shape index (κ1) is 14.0. The van der Waals surface area contributed by atoms with Gasteiger partial charge in [-0.1, -0.05) is 6.07 Å². The van der Waals surface area contributed by atoms with Crippen molar-refractivity contribution in [2.24, 2.45) is 0 Å². The molecule has 0 amide bonds. The molecule has 1 aromatic carbocycles. The fourth-order valence-corrected chi connectivity index (χ4v) is 2.64. The summed E-state index contributed by atoms with van der Waals surface area (Å²) in [7, 11) is -1.74. The molecule has 0 unspecified atom stereocenters. The van der Waals surface area contributed by atoms with Crippen molar-refractivity contribution in [2.45, 2.75) is 32.4 Å². The highest BCUT2D eigenvalue weighted by atomic mass is 19.1. The number of aryl methyl sites for hydroxylation is 1. The molecule has 110 valence electrons. The number of rotatable bonds is 3. The van der Waals surface area contributed by atoms with E-state index >= 15 is 0 Å². The molecule has 1 aliphatic heterocycles. The SMILES string of the molecule is O=c1n(Cc2cc(F)cc(B(O)O)c2)nc2n1CCCC2. The minimum absolute atomic E-state index is 0.0574. The summed E-state index contributed by atoms with van der Waals surface area (Å²) in [6.45, 7) is 0.772. The van der Waals surface area contributed by atoms with Gasteiger partial charge in [0.05, 0.1) is 6.54 Å². The fourth-order valence-electron chi connectivity index (χ4n) is 2.64. The van der Waals surface area contributed by atoms with Gasteiger partial charge in [-0.25, -0.2) is 13.9 Å². The molecule has 21 heavy (non-hydrogen) atoms. The van der Waals surface area contributed by atoms with Crippen LogP contribution in [0.25, 0.3) is 0 Å². The van der Waals surface area contributed by atoms with Crippen LogP contribution in [0.5, 0.6) is 0 Å². The first-order valence-corrected chi connectivity index (χ1v) is 6.86. The Morgan fingerprint density at radius 2 is 2.10 bits per heavy atom. The normalized spacial score (nSPS) is 14.0. The van der Waals surface area contributed by atoms with Gasteiger partial charge in [-0.15, -0.1) is 0 Å². The minimum atomic E-state index is -1.74. The van der Waals surface area contributed by atoms with Crippen LogP contribution in [0, 0.1) is 5.82 Å². The number of halogens is 1. The number of nitrogens with zero attached hydrogens (tertiary/aromatic N) is 3. The van der Waals surface area contributed by atoms with Gasteiger partial charge in [0, 0.05) is 13.0 Å². The van der Waals surface area contributed by atoms with Crippen LogP contribution >= 0.6 is 0 Å². The largest absolute Gasteiger partial charge is 0.488 e. The smallest absolute Gasteiger partial charge is 0.423 e. The van der Waals surface area contributed by atoms with E-state index in [-0.39, 0.29) is 17.7 Å². The van der Waals surface area contributed by atoms with Crippen molar-refractivity contribution in [1.82, 2.24) is 14.3 Å². The standard InChI is InChI=1S/C13H15BFN3O3/c15-11-6-9(5-10(7-11)14(20)21)8-18-13(19)17-4-2-1-3-12(17)16-18/h5-7,20-21H,1-4,8H2. The zero-order valence-corrected chi connectivity index (χ0v) is 11.4. The number of aromatic nitrogens is 3. The number of fused-ring (bicyclic) bond motifs is 1. The highest BCUT2D eigenvalue weighted by Gasteiger charge is 2.18. The van der Waals surface area contributed by atoms with Crippen molar-refractivity contribution in [1.29, 1.82) is 0 Å². The first-order chi connectivity index (χ1) is 10.0. The maximum Gasteiger partial charge on any atom is 0.488 e. The third-order valence-corrected chi connectivity index (χ3v) is 3.64. The molecule has 0 spiro atoms. The van der Waals surface area contributed by atoms with E-state index in [2.05, 4.69) is 5.10 Å². The van der Waals surface area contributed by atoms with E-state index in [0.717, 1.165) is 31.2 Å². The molecule has 0 atom stereocenters. The van der Waals surface area contributed by atoms with Crippen LogP contribution in [0.1, 0.15) is 24.2 Å². The van der Waals surface area contributed by atoms with Crippen LogP contribution in [0.2, 0.25) is 0 Å². The van der Waals surface area contributed by atoms with Crippen molar-refractivity contribution in [2.75, 3.05) is 0 Å². The van der Waals surface area contributed by atoms with E-state index in [4.69, 9.17) is 10.0 Å². The van der Waals surface area contributed by atoms with Gasteiger partial charge in [-0.2, -0.15) is 5.10 Å². The van der Waals surface area contributed by atoms with Crippen molar-refractivity contribution < 1.29 is 14.4 Å². The molecule has 1 aliphatic rings. The lowest BCUT2D eigenvalue weighted by Gasteiger charge is -2.09. The van der Waals surface area contributed by atoms with Gasteiger partial charge >= 0.3 is 12.8 Å². The highest BCUT2D eigenvalue weighted by molar-refractivity contribution is 6.58. The van der Waals surface area contributed by atoms with Gasteiger partial charge in [0.1, 0.15) is 11.6 Å². The molecule has 2 aromatic rings. The molecule has 0 aliphatic carbocycles. The summed E-state index contributed by atoms with van der Waals surface area (Å²) in [6, 6.07) is 3.77. The van der Waals surface area contributed by atoms with E-state index in [1.54, 1.807) is 4.57 Å². The second-order valence-electron chi connectivity index (χ2n) is 5.23. The molecule has 0 radical (unpaired) electrons. The lowest BCUT2D eigenvalue weighted by Crippen LogP contribution is -2.31. The molecule has 0 saturated heterocycles. The van der Waals surface area contributed by atoms with E-state index in [0.29, 0.717) is 12.1 Å². The minimum Gasteiger partial charge on any atom is -0.423 e. The van der Waals surface area contributed by atoms with Gasteiger partial charge < -0.3 is 10.0 Å². The molecule has 0 saturated carbocycles. The van der Waals surface area contributed by atoms with Crippen LogP contribution in [-0.2, 0) is 19.5 Å². The molecular formula is C13H15BFN3O3. The number of benzene rings is 1. The van der Waals surface area contributed by atoms with E-state index in [1.807, 2.05) is 0 Å². The van der Waals surface area contributed by atoms with E-state index in [1.165, 1.54) is 16.8 Å². The maximum atomic E-state index is 13.5. The van der Waals surface area contributed by atoms with Gasteiger partial charge in [0.15, 0.2) is 0 Å². The van der Waals surface area contributed by atoms with E-state index < -0.39 is 12.9 Å². The summed E-state index contributed by atoms with van der Waals surface area (Å²) < 4.78 is 16.4. The Morgan fingerprint density at radius 1 is 1.29 bits per heavy atom. The summed E-state index contributed by atoms with van der Waals surface area (Å²) in [5, 5.41) is 22.5. The predicted molar refractivity (Wildman–Crippen MR) is 74.8 cm³/mol. The van der Waals surface area contributed by atoms with Crippen molar-refractivity contribution >= 4 is 12.6 Å². The second-order valence-corrected chi connectivity index (χ2v) is 5.23. The zero-order valence-electron chi connectivity index (χ0n) is 11.4. The molecule has 0 bridgehead atoms. The third kappa shape index (κ3) is 2.77. The van der Waals surface area contributed by atoms with Gasteiger partial charge in [-0.05, 0) is 36.0 Å². The third-order valence-electron chi connectivity index (χ3n) is 3.64. The fraction of sp³-hybridized carbons (Fsp3) is 0.385. The van der Waals surface area contributed by atoms with Gasteiger partial charge in [0.2, 0.25) is 0 Å². The van der Waals surface area contributed by atoms with Crippen molar-refractivity contribution in [3.63, 3.8) is 0 Å². The zero-order chi connectivity index (χ0) is 15.0. The summed E-state index contributed by atoms with van der Waals surface area (Å²) in [5.41, 5.74) is 0.317. The Hall–Kier alpha value is -1.93. The molecule has 0 fully saturated rings. The Morgan fingerprint density at radius 3 is 2.81 bits per heavy atom. The topological polar surface area (TPSA) is 80.3 Å². The Labute approximate surface area is 120 Å². The molecule has 3 rings (SSSR count). The Balaban J connectivity index is 1.94. The molecule has 8 heteroatoms. The van der Waals surface area contributed by atoms with Gasteiger partial charge in [-0.3, -0.25) is 4.57 Å². The van der Waals surface area contributed by atoms with Gasteiger partial charge in [0.25, 0.3) is 0 Å². The van der Waals surface area contributed by atoms with Crippen molar-refractivity contribution in [3.8, 4) is 0 Å². The molecule has 2 heterocycles. The molecule has 2 N–H and O–H groups in total. The second kappa shape index (κ2) is 5.46. The number of hydrogen-bond donors (Lipinski definition) is 2. The highest BCUT2D eigenvalue weighted by Crippen LogP contribution is 2.10. The molecule has 1 aromatic heterocycles. The number of hydrogen-bond acceptors (Lipinski definition) is 4. The predicted octanol–water partition coefficient (Wildman–Crippen LogP) is -0.752. The van der Waals surface area contributed by atoms with Crippen LogP contribution in [0.4, 0.5) is 4.39 Å². The maximum absolute atomic E-state index is 13.5. The lowest BCUT2D eigenvalue weighted by atomic mass is 9.79. The van der Waals surface area contributed by atoms with E-state index in [9.17, 15) is 9.18 Å². The summed E-state index contributed by atoms with van der Waals surface area (Å²) in [6.07, 6.45) is 2.74. The van der Waals surface area contributed by atoms with Crippen LogP contribution in [0.3, 0.4) is 0 Å². The Bertz CT molecular complexity index is 726. The lowest BCUT2D eigenvalue weighted by molar-refractivity contribution is 0.425. The Kier molecular flexibility index (Phi) is 3.65.